The molecule has 6 heteroatoms. The number of aromatic nitrogens is 1. The number of amides is 1. The number of carbonyl (C=O) groups excluding carboxylic acids is 1. The molecule has 0 spiro atoms. The molecule has 0 saturated carbocycles. The first-order chi connectivity index (χ1) is 9.51. The topological polar surface area (TPSA) is 45.2 Å². The lowest BCUT2D eigenvalue weighted by molar-refractivity contribution is 0.0757. The number of nitrogens with zero attached hydrogens (tertiary/aromatic N) is 2. The lowest BCUT2D eigenvalue weighted by Crippen LogP contribution is -2.36. The first-order valence-electron chi connectivity index (χ1n) is 6.66. The SMILES string of the molecule is CCCNc1cc(C(=O)N(C)C(C)CSC)c(Cl)cn1. The van der Waals surface area contributed by atoms with E-state index in [2.05, 4.69) is 17.2 Å². The summed E-state index contributed by atoms with van der Waals surface area (Å²) in [4.78, 5) is 18.4. The lowest BCUT2D eigenvalue weighted by Gasteiger charge is -2.25. The fourth-order valence-electron chi connectivity index (χ4n) is 1.70. The number of thioether (sulfide) groups is 1. The zero-order valence-corrected chi connectivity index (χ0v) is 14.0. The van der Waals surface area contributed by atoms with Gasteiger partial charge >= 0.3 is 0 Å². The van der Waals surface area contributed by atoms with E-state index in [9.17, 15) is 4.79 Å². The highest BCUT2D eigenvalue weighted by Gasteiger charge is 2.20. The molecule has 1 heterocycles. The van der Waals surface area contributed by atoms with Crippen molar-refractivity contribution < 1.29 is 4.79 Å². The van der Waals surface area contributed by atoms with E-state index < -0.39 is 0 Å². The number of anilines is 1. The highest BCUT2D eigenvalue weighted by molar-refractivity contribution is 7.98. The van der Waals surface area contributed by atoms with Gasteiger partial charge in [-0.05, 0) is 25.7 Å². The van der Waals surface area contributed by atoms with Gasteiger partial charge in [-0.2, -0.15) is 11.8 Å². The van der Waals surface area contributed by atoms with Crippen LogP contribution >= 0.6 is 23.4 Å². The molecular weight excluding hydrogens is 294 g/mol. The number of hydrogen-bond donors (Lipinski definition) is 1. The van der Waals surface area contributed by atoms with Crippen LogP contribution in [0.1, 0.15) is 30.6 Å². The van der Waals surface area contributed by atoms with Crippen LogP contribution in [-0.2, 0) is 0 Å². The van der Waals surface area contributed by atoms with Gasteiger partial charge in [0, 0.05) is 31.6 Å². The predicted octanol–water partition coefficient (Wildman–Crippen LogP) is 3.38. The predicted molar refractivity (Wildman–Crippen MR) is 88.0 cm³/mol. The Kier molecular flexibility index (Phi) is 7.16. The molecule has 1 unspecified atom stereocenters. The van der Waals surface area contributed by atoms with Crippen molar-refractivity contribution in [2.24, 2.45) is 0 Å². The Bertz CT molecular complexity index is 456. The summed E-state index contributed by atoms with van der Waals surface area (Å²) >= 11 is 7.83. The maximum absolute atomic E-state index is 12.5. The third-order valence-corrected chi connectivity index (χ3v) is 4.15. The van der Waals surface area contributed by atoms with Crippen molar-refractivity contribution in [2.75, 3.05) is 30.9 Å². The Morgan fingerprint density at radius 2 is 2.30 bits per heavy atom. The molecule has 1 rings (SSSR count). The Labute approximate surface area is 130 Å². The van der Waals surface area contributed by atoms with Crippen molar-refractivity contribution in [2.45, 2.75) is 26.3 Å². The van der Waals surface area contributed by atoms with Crippen LogP contribution in [0.5, 0.6) is 0 Å². The van der Waals surface area contributed by atoms with Gasteiger partial charge in [-0.15, -0.1) is 0 Å². The molecule has 1 aromatic rings. The van der Waals surface area contributed by atoms with E-state index in [0.717, 1.165) is 18.7 Å². The van der Waals surface area contributed by atoms with Gasteiger partial charge in [-0.1, -0.05) is 18.5 Å². The molecule has 4 nitrogen and oxygen atoms in total. The van der Waals surface area contributed by atoms with Crippen molar-refractivity contribution in [1.82, 2.24) is 9.88 Å². The van der Waals surface area contributed by atoms with Crippen molar-refractivity contribution in [3.8, 4) is 0 Å². The highest BCUT2D eigenvalue weighted by atomic mass is 35.5. The summed E-state index contributed by atoms with van der Waals surface area (Å²) in [5.41, 5.74) is 0.496. The zero-order chi connectivity index (χ0) is 15.1. The monoisotopic (exact) mass is 315 g/mol. The minimum absolute atomic E-state index is 0.0708. The maximum Gasteiger partial charge on any atom is 0.255 e. The molecule has 0 aromatic carbocycles. The number of halogens is 1. The summed E-state index contributed by atoms with van der Waals surface area (Å²) in [6.45, 7) is 4.92. The normalized spacial score (nSPS) is 12.1. The van der Waals surface area contributed by atoms with Gasteiger partial charge < -0.3 is 10.2 Å². The Balaban J connectivity index is 2.90. The second-order valence-electron chi connectivity index (χ2n) is 4.70. The van der Waals surface area contributed by atoms with E-state index in [-0.39, 0.29) is 11.9 Å². The Hall–Kier alpha value is -0.940. The molecule has 0 radical (unpaired) electrons. The van der Waals surface area contributed by atoms with Gasteiger partial charge in [-0.25, -0.2) is 4.98 Å². The first kappa shape index (κ1) is 17.1. The smallest absolute Gasteiger partial charge is 0.255 e. The Morgan fingerprint density at radius 3 is 2.90 bits per heavy atom. The van der Waals surface area contributed by atoms with Gasteiger partial charge in [0.1, 0.15) is 5.82 Å². The quantitative estimate of drug-likeness (QED) is 0.838. The summed E-state index contributed by atoms with van der Waals surface area (Å²) in [5, 5.41) is 3.55. The molecule has 1 N–H and O–H groups in total. The van der Waals surface area contributed by atoms with Crippen molar-refractivity contribution in [3.63, 3.8) is 0 Å². The maximum atomic E-state index is 12.5. The second-order valence-corrected chi connectivity index (χ2v) is 6.01. The van der Waals surface area contributed by atoms with Gasteiger partial charge in [-0.3, -0.25) is 4.79 Å². The summed E-state index contributed by atoms with van der Waals surface area (Å²) in [6.07, 6.45) is 4.55. The average Bonchev–Trinajstić information content (AvgIpc) is 2.45. The third kappa shape index (κ3) is 4.56. The van der Waals surface area contributed by atoms with Crippen molar-refractivity contribution in [3.05, 3.63) is 22.8 Å². The van der Waals surface area contributed by atoms with Crippen molar-refractivity contribution >= 4 is 35.1 Å². The molecule has 0 aliphatic rings. The minimum atomic E-state index is -0.0708. The lowest BCUT2D eigenvalue weighted by atomic mass is 10.2. The number of pyridine rings is 1. The van der Waals surface area contributed by atoms with Gasteiger partial charge in [0.25, 0.3) is 5.91 Å². The van der Waals surface area contributed by atoms with Crippen LogP contribution in [0.3, 0.4) is 0 Å². The molecule has 0 fully saturated rings. The van der Waals surface area contributed by atoms with Crippen LogP contribution in [0.15, 0.2) is 12.3 Å². The van der Waals surface area contributed by atoms with Crippen LogP contribution in [0.4, 0.5) is 5.82 Å². The van der Waals surface area contributed by atoms with E-state index in [1.165, 1.54) is 6.20 Å². The number of rotatable bonds is 7. The van der Waals surface area contributed by atoms with E-state index in [1.807, 2.05) is 13.2 Å². The minimum Gasteiger partial charge on any atom is -0.370 e. The summed E-state index contributed by atoms with van der Waals surface area (Å²) in [6, 6.07) is 1.89. The first-order valence-corrected chi connectivity index (χ1v) is 8.43. The third-order valence-electron chi connectivity index (χ3n) is 3.03. The van der Waals surface area contributed by atoms with E-state index in [0.29, 0.717) is 16.4 Å². The molecule has 0 aliphatic carbocycles. The van der Waals surface area contributed by atoms with Crippen LogP contribution in [-0.4, -0.2) is 47.4 Å². The molecule has 112 valence electrons. The second kappa shape index (κ2) is 8.37. The molecule has 1 aromatic heterocycles. The van der Waals surface area contributed by atoms with Crippen LogP contribution < -0.4 is 5.32 Å². The zero-order valence-electron chi connectivity index (χ0n) is 12.4. The molecule has 1 atom stereocenters. The standard InChI is InChI=1S/C14H22ClN3OS/c1-5-6-16-13-7-11(12(15)8-17-13)14(19)18(3)10(2)9-20-4/h7-8,10H,5-6,9H2,1-4H3,(H,16,17). The molecular formula is C14H22ClN3OS. The number of nitrogens with one attached hydrogen (secondary N) is 1. The summed E-state index contributed by atoms with van der Waals surface area (Å²) < 4.78 is 0. The van der Waals surface area contributed by atoms with Crippen LogP contribution in [0, 0.1) is 0 Å². The molecule has 0 bridgehead atoms. The van der Waals surface area contributed by atoms with E-state index in [1.54, 1.807) is 29.8 Å². The average molecular weight is 316 g/mol. The largest absolute Gasteiger partial charge is 0.370 e. The summed E-state index contributed by atoms with van der Waals surface area (Å²) in [7, 11) is 1.80. The summed E-state index contributed by atoms with van der Waals surface area (Å²) in [5.74, 6) is 1.51. The van der Waals surface area contributed by atoms with Crippen molar-refractivity contribution in [1.29, 1.82) is 0 Å². The fraction of sp³-hybridized carbons (Fsp3) is 0.571. The van der Waals surface area contributed by atoms with Crippen LogP contribution in [0.2, 0.25) is 5.02 Å². The van der Waals surface area contributed by atoms with Gasteiger partial charge in [0.15, 0.2) is 0 Å². The molecule has 20 heavy (non-hydrogen) atoms. The van der Waals surface area contributed by atoms with E-state index in [4.69, 9.17) is 11.6 Å². The van der Waals surface area contributed by atoms with Gasteiger partial charge in [0.2, 0.25) is 0 Å². The van der Waals surface area contributed by atoms with Crippen LogP contribution in [0.25, 0.3) is 0 Å². The molecule has 0 saturated heterocycles. The number of carbonyl (C=O) groups is 1. The fourth-order valence-corrected chi connectivity index (χ4v) is 2.59. The van der Waals surface area contributed by atoms with E-state index >= 15 is 0 Å². The molecule has 0 aliphatic heterocycles. The molecule has 1 amide bonds. The highest BCUT2D eigenvalue weighted by Crippen LogP contribution is 2.20. The van der Waals surface area contributed by atoms with Gasteiger partial charge in [0.05, 0.1) is 10.6 Å². The Morgan fingerprint density at radius 1 is 1.60 bits per heavy atom. The number of hydrogen-bond acceptors (Lipinski definition) is 4.